The topological polar surface area (TPSA) is 170 Å². The zero-order chi connectivity index (χ0) is 42.6. The van der Waals surface area contributed by atoms with Crippen LogP contribution in [0.5, 0.6) is 5.75 Å². The lowest BCUT2D eigenvalue weighted by atomic mass is 9.97. The molecule has 13 nitrogen and oxygen atoms in total. The van der Waals surface area contributed by atoms with Crippen molar-refractivity contribution in [2.45, 2.75) is 56.9 Å². The van der Waals surface area contributed by atoms with Crippen LogP contribution in [0.15, 0.2) is 77.7 Å². The first-order chi connectivity index (χ1) is 28.1. The molecule has 0 saturated carbocycles. The van der Waals surface area contributed by atoms with Crippen molar-refractivity contribution in [3.8, 4) is 16.9 Å². The SMILES string of the molecule is CCOC(=O)c1[nH]c2c(-c3c(CN(CCC(F)(F)CO)S(=O)(=O)c4ccccc4[N+](=O)[O-])nn(C)c3CC)c(Cl)ccc2c1CCCOc1cccc2cc(F)ccc12. The van der Waals surface area contributed by atoms with Gasteiger partial charge in [-0.3, -0.25) is 14.8 Å². The highest BCUT2D eigenvalue weighted by Gasteiger charge is 2.37. The maximum absolute atomic E-state index is 14.5. The number of aryl methyl sites for hydroxylation is 2. The molecule has 312 valence electrons. The second kappa shape index (κ2) is 17.8. The number of hydrogen-bond donors (Lipinski definition) is 2. The quantitative estimate of drug-likeness (QED) is 0.0373. The number of nitrogens with zero attached hydrogens (tertiary/aromatic N) is 4. The number of nitro benzene ring substituents is 1. The number of hydrogen-bond acceptors (Lipinski definition) is 9. The Balaban J connectivity index is 1.43. The normalized spacial score (nSPS) is 12.2. The van der Waals surface area contributed by atoms with Crippen LogP contribution in [0.3, 0.4) is 0 Å². The highest BCUT2D eigenvalue weighted by atomic mass is 35.5. The van der Waals surface area contributed by atoms with Gasteiger partial charge in [0.25, 0.3) is 11.6 Å². The molecule has 0 amide bonds. The van der Waals surface area contributed by atoms with Crippen LogP contribution in [0.4, 0.5) is 18.9 Å². The molecule has 0 aliphatic heterocycles. The van der Waals surface area contributed by atoms with Crippen LogP contribution < -0.4 is 4.74 Å². The molecule has 0 aliphatic carbocycles. The number of sulfonamides is 1. The van der Waals surface area contributed by atoms with E-state index < -0.39 is 63.5 Å². The Hall–Kier alpha value is -5.49. The number of carbonyl (C=O) groups is 1. The summed E-state index contributed by atoms with van der Waals surface area (Å²) >= 11 is 6.97. The number of aromatic amines is 1. The number of aliphatic hydroxyl groups excluding tert-OH is 1. The summed E-state index contributed by atoms with van der Waals surface area (Å²) in [5.74, 6) is -4.11. The molecule has 4 aromatic carbocycles. The number of carbonyl (C=O) groups excluding carboxylic acids is 1. The number of ether oxygens (including phenoxy) is 2. The third-order valence-electron chi connectivity index (χ3n) is 9.93. The molecule has 0 radical (unpaired) electrons. The maximum atomic E-state index is 14.5. The number of alkyl halides is 2. The van der Waals surface area contributed by atoms with Crippen LogP contribution in [-0.4, -0.2) is 75.8 Å². The number of esters is 1. The number of halogens is 4. The van der Waals surface area contributed by atoms with Crippen LogP contribution in [0, 0.1) is 15.9 Å². The Bertz CT molecular complexity index is 2650. The number of nitro groups is 1. The summed E-state index contributed by atoms with van der Waals surface area (Å²) < 4.78 is 85.0. The number of nitrogens with one attached hydrogen (secondary N) is 1. The molecular formula is C41H41ClF3N5O8S. The van der Waals surface area contributed by atoms with Gasteiger partial charge in [0.1, 0.15) is 23.9 Å². The van der Waals surface area contributed by atoms with E-state index in [2.05, 4.69) is 10.1 Å². The van der Waals surface area contributed by atoms with Gasteiger partial charge in [-0.25, -0.2) is 26.4 Å². The summed E-state index contributed by atoms with van der Waals surface area (Å²) in [6.07, 6.45) is 0.00982. The smallest absolute Gasteiger partial charge is 0.355 e. The van der Waals surface area contributed by atoms with E-state index in [1.807, 2.05) is 6.92 Å². The average molecular weight is 856 g/mol. The van der Waals surface area contributed by atoms with E-state index >= 15 is 0 Å². The van der Waals surface area contributed by atoms with Crippen molar-refractivity contribution < 1.29 is 45.9 Å². The fourth-order valence-electron chi connectivity index (χ4n) is 7.17. The molecule has 6 rings (SSSR count). The number of fused-ring (bicyclic) bond motifs is 2. The van der Waals surface area contributed by atoms with E-state index in [1.165, 1.54) is 28.9 Å². The fraction of sp³-hybridized carbons (Fsp3) is 0.317. The highest BCUT2D eigenvalue weighted by Crippen LogP contribution is 2.42. The predicted molar refractivity (Wildman–Crippen MR) is 216 cm³/mol. The predicted octanol–water partition coefficient (Wildman–Crippen LogP) is 8.38. The van der Waals surface area contributed by atoms with E-state index in [9.17, 15) is 41.6 Å². The monoisotopic (exact) mass is 855 g/mol. The Kier molecular flexibility index (Phi) is 13.0. The summed E-state index contributed by atoms with van der Waals surface area (Å²) in [7, 11) is -3.22. The minimum absolute atomic E-state index is 0.0813. The maximum Gasteiger partial charge on any atom is 0.355 e. The van der Waals surface area contributed by atoms with Crippen molar-refractivity contribution in [3.05, 3.63) is 116 Å². The van der Waals surface area contributed by atoms with Gasteiger partial charge in [-0.1, -0.05) is 48.9 Å². The van der Waals surface area contributed by atoms with Crippen molar-refractivity contribution in [2.24, 2.45) is 7.05 Å². The van der Waals surface area contributed by atoms with E-state index in [0.717, 1.165) is 17.5 Å². The van der Waals surface area contributed by atoms with Crippen molar-refractivity contribution in [1.29, 1.82) is 0 Å². The molecule has 0 fully saturated rings. The van der Waals surface area contributed by atoms with Crippen LogP contribution in [-0.2, 0) is 41.2 Å². The third kappa shape index (κ3) is 8.93. The molecule has 0 bridgehead atoms. The van der Waals surface area contributed by atoms with E-state index in [0.29, 0.717) is 68.0 Å². The zero-order valence-electron chi connectivity index (χ0n) is 32.3. The molecule has 2 N–H and O–H groups in total. The molecular weight excluding hydrogens is 815 g/mol. The Morgan fingerprint density at radius 1 is 1.07 bits per heavy atom. The molecule has 59 heavy (non-hydrogen) atoms. The van der Waals surface area contributed by atoms with Gasteiger partial charge in [-0.15, -0.1) is 0 Å². The number of para-hydroxylation sites is 1. The van der Waals surface area contributed by atoms with Crippen molar-refractivity contribution >= 4 is 55.0 Å². The first-order valence-electron chi connectivity index (χ1n) is 18.7. The van der Waals surface area contributed by atoms with Gasteiger partial charge in [0.2, 0.25) is 10.0 Å². The van der Waals surface area contributed by atoms with Gasteiger partial charge >= 0.3 is 5.97 Å². The van der Waals surface area contributed by atoms with Gasteiger partial charge in [-0.05, 0) is 73.5 Å². The number of H-pyrrole nitrogens is 1. The molecule has 0 atom stereocenters. The van der Waals surface area contributed by atoms with Gasteiger partial charge in [0.05, 0.1) is 40.9 Å². The lowest BCUT2D eigenvalue weighted by Crippen LogP contribution is -2.36. The molecule has 6 aromatic rings. The fourth-order valence-corrected chi connectivity index (χ4v) is 8.98. The molecule has 0 aliphatic rings. The van der Waals surface area contributed by atoms with Crippen molar-refractivity contribution in [2.75, 3.05) is 26.4 Å². The number of aromatic nitrogens is 3. The van der Waals surface area contributed by atoms with E-state index in [-0.39, 0.29) is 35.4 Å². The number of aliphatic hydroxyl groups is 1. The molecule has 2 heterocycles. The van der Waals surface area contributed by atoms with Gasteiger partial charge < -0.3 is 19.6 Å². The lowest BCUT2D eigenvalue weighted by Gasteiger charge is -2.24. The summed E-state index contributed by atoms with van der Waals surface area (Å²) in [6, 6.07) is 17.7. The van der Waals surface area contributed by atoms with Crippen LogP contribution in [0.1, 0.15) is 54.1 Å². The first kappa shape index (κ1) is 43.1. The third-order valence-corrected chi connectivity index (χ3v) is 12.1. The summed E-state index contributed by atoms with van der Waals surface area (Å²) in [5.41, 5.74) is 1.77. The molecule has 0 spiro atoms. The minimum Gasteiger partial charge on any atom is -0.493 e. The van der Waals surface area contributed by atoms with E-state index in [4.69, 9.17) is 21.1 Å². The molecule has 0 unspecified atom stereocenters. The standard InChI is InChI=1S/C41H41ClF3N5O8S/c1-4-32-37(31(47-48(32)3)23-49(20-19-41(44,45)24-51)59(55,56)35-14-7-6-12-33(35)50(53)54)36-30(42)18-17-29-28(39(46-38(29)36)40(52)57-5-2)11-9-21-58-34-13-8-10-25-22-26(43)15-16-27(25)34/h6-8,10,12-18,22,46,51H,4-5,9,11,19-21,23-24H2,1-3H3. The van der Waals surface area contributed by atoms with Gasteiger partial charge in [0.15, 0.2) is 4.90 Å². The zero-order valence-corrected chi connectivity index (χ0v) is 33.9. The summed E-state index contributed by atoms with van der Waals surface area (Å²) in [5, 5.41) is 28.0. The average Bonchev–Trinajstić information content (AvgIpc) is 3.73. The Morgan fingerprint density at radius 2 is 1.81 bits per heavy atom. The Labute approximate surface area is 342 Å². The van der Waals surface area contributed by atoms with Gasteiger partial charge in [-0.2, -0.15) is 9.40 Å². The largest absolute Gasteiger partial charge is 0.493 e. The minimum atomic E-state index is -4.84. The number of rotatable bonds is 18. The van der Waals surface area contributed by atoms with Crippen molar-refractivity contribution in [1.82, 2.24) is 19.1 Å². The van der Waals surface area contributed by atoms with Crippen LogP contribution >= 0.6 is 11.6 Å². The van der Waals surface area contributed by atoms with Gasteiger partial charge in [0, 0.05) is 53.7 Å². The highest BCUT2D eigenvalue weighted by molar-refractivity contribution is 7.89. The second-order valence-electron chi connectivity index (χ2n) is 13.7. The second-order valence-corrected chi connectivity index (χ2v) is 16.0. The van der Waals surface area contributed by atoms with Crippen LogP contribution in [0.25, 0.3) is 32.8 Å². The Morgan fingerprint density at radius 3 is 2.53 bits per heavy atom. The van der Waals surface area contributed by atoms with Crippen molar-refractivity contribution in [3.63, 3.8) is 0 Å². The molecule has 2 aromatic heterocycles. The van der Waals surface area contributed by atoms with Crippen LogP contribution in [0.2, 0.25) is 5.02 Å². The lowest BCUT2D eigenvalue weighted by molar-refractivity contribution is -0.387. The molecule has 18 heteroatoms. The summed E-state index contributed by atoms with van der Waals surface area (Å²) in [6.45, 7) is 0.806. The van der Waals surface area contributed by atoms with E-state index in [1.54, 1.807) is 50.4 Å². The number of benzene rings is 4. The molecule has 0 saturated heterocycles. The first-order valence-corrected chi connectivity index (χ1v) is 20.5. The summed E-state index contributed by atoms with van der Waals surface area (Å²) in [4.78, 5) is 27.0.